The molecule has 56 valence electrons. The molecule has 0 saturated heterocycles. The van der Waals surface area contributed by atoms with E-state index < -0.39 is 0 Å². The van der Waals surface area contributed by atoms with E-state index in [4.69, 9.17) is 11.6 Å². The second-order valence-corrected chi connectivity index (χ2v) is 3.65. The molecule has 0 saturated carbocycles. The summed E-state index contributed by atoms with van der Waals surface area (Å²) in [5, 5.41) is 0.696. The predicted molar refractivity (Wildman–Crippen MR) is 51.4 cm³/mol. The van der Waals surface area contributed by atoms with Crippen molar-refractivity contribution in [2.75, 3.05) is 0 Å². The summed E-state index contributed by atoms with van der Waals surface area (Å²) >= 11 is 8.95. The minimum absolute atomic E-state index is 0.696. The van der Waals surface area contributed by atoms with E-state index in [2.05, 4.69) is 22.5 Å². The second kappa shape index (κ2) is 4.75. The van der Waals surface area contributed by atoms with E-state index in [0.717, 1.165) is 4.48 Å². The number of hydrogen-bond acceptors (Lipinski definition) is 0. The van der Waals surface area contributed by atoms with Gasteiger partial charge in [0.25, 0.3) is 0 Å². The van der Waals surface area contributed by atoms with Gasteiger partial charge in [-0.2, -0.15) is 0 Å². The number of halogens is 2. The first kappa shape index (κ1) is 9.99. The standard InChI is InChI=1S/C8H10BrCl/c1-6(2)4-8(10)5-7(3)9/h4-5H,3H2,1-2H3/b8-5+. The highest BCUT2D eigenvalue weighted by atomic mass is 79.9. The van der Waals surface area contributed by atoms with Crippen molar-refractivity contribution in [3.05, 3.63) is 33.8 Å². The van der Waals surface area contributed by atoms with Gasteiger partial charge in [-0.1, -0.05) is 39.7 Å². The van der Waals surface area contributed by atoms with Crippen molar-refractivity contribution in [3.63, 3.8) is 0 Å². The summed E-state index contributed by atoms with van der Waals surface area (Å²) in [7, 11) is 0. The third-order valence-corrected chi connectivity index (χ3v) is 1.17. The smallest absolute Gasteiger partial charge is 0.0416 e. The summed E-state index contributed by atoms with van der Waals surface area (Å²) in [6.07, 6.45) is 3.64. The second-order valence-electron chi connectivity index (χ2n) is 2.20. The maximum atomic E-state index is 5.76. The Morgan fingerprint density at radius 3 is 2.20 bits per heavy atom. The van der Waals surface area contributed by atoms with Crippen LogP contribution in [0.25, 0.3) is 0 Å². The van der Waals surface area contributed by atoms with Gasteiger partial charge in [-0.3, -0.25) is 0 Å². The van der Waals surface area contributed by atoms with E-state index in [1.165, 1.54) is 5.57 Å². The third kappa shape index (κ3) is 6.12. The van der Waals surface area contributed by atoms with Gasteiger partial charge in [-0.25, -0.2) is 0 Å². The van der Waals surface area contributed by atoms with E-state index in [1.807, 2.05) is 19.9 Å². The zero-order valence-corrected chi connectivity index (χ0v) is 8.46. The highest BCUT2D eigenvalue weighted by Gasteiger charge is 1.86. The molecular weight excluding hydrogens is 211 g/mol. The first-order valence-electron chi connectivity index (χ1n) is 2.89. The molecule has 0 aliphatic rings. The molecule has 0 atom stereocenters. The highest BCUT2D eigenvalue weighted by molar-refractivity contribution is 9.11. The molecule has 0 aromatic heterocycles. The van der Waals surface area contributed by atoms with Crippen molar-refractivity contribution in [1.82, 2.24) is 0 Å². The van der Waals surface area contributed by atoms with Crippen molar-refractivity contribution < 1.29 is 0 Å². The van der Waals surface area contributed by atoms with Crippen LogP contribution < -0.4 is 0 Å². The van der Waals surface area contributed by atoms with Crippen LogP contribution in [-0.2, 0) is 0 Å². The number of hydrogen-bond donors (Lipinski definition) is 0. The summed E-state index contributed by atoms with van der Waals surface area (Å²) < 4.78 is 0.787. The fourth-order valence-corrected chi connectivity index (χ4v) is 1.20. The molecule has 0 nitrogen and oxygen atoms in total. The van der Waals surface area contributed by atoms with Crippen molar-refractivity contribution >= 4 is 27.5 Å². The molecule has 0 spiro atoms. The van der Waals surface area contributed by atoms with Crippen LogP contribution in [0.1, 0.15) is 13.8 Å². The fraction of sp³-hybridized carbons (Fsp3) is 0.250. The van der Waals surface area contributed by atoms with Crippen molar-refractivity contribution in [1.29, 1.82) is 0 Å². The Hall–Kier alpha value is -0.0100. The van der Waals surface area contributed by atoms with Crippen LogP contribution >= 0.6 is 27.5 Å². The predicted octanol–water partition coefficient (Wildman–Crippen LogP) is 3.98. The van der Waals surface area contributed by atoms with Crippen molar-refractivity contribution in [2.24, 2.45) is 0 Å². The summed E-state index contributed by atoms with van der Waals surface area (Å²) in [5.74, 6) is 0. The van der Waals surface area contributed by atoms with Gasteiger partial charge in [-0.15, -0.1) is 0 Å². The van der Waals surface area contributed by atoms with Crippen molar-refractivity contribution in [3.8, 4) is 0 Å². The summed E-state index contributed by atoms with van der Waals surface area (Å²) in [4.78, 5) is 0. The average molecular weight is 222 g/mol. The molecule has 0 N–H and O–H groups in total. The first-order chi connectivity index (χ1) is 4.52. The van der Waals surface area contributed by atoms with E-state index in [0.29, 0.717) is 5.03 Å². The molecule has 0 aliphatic heterocycles. The Labute approximate surface area is 75.4 Å². The lowest BCUT2D eigenvalue weighted by Gasteiger charge is -1.89. The molecule has 0 aromatic rings. The highest BCUT2D eigenvalue weighted by Crippen LogP contribution is 2.12. The van der Waals surface area contributed by atoms with Gasteiger partial charge in [-0.05, 0) is 26.0 Å². The fourth-order valence-electron chi connectivity index (χ4n) is 0.467. The van der Waals surface area contributed by atoms with Gasteiger partial charge in [0.2, 0.25) is 0 Å². The van der Waals surface area contributed by atoms with E-state index >= 15 is 0 Å². The van der Waals surface area contributed by atoms with Gasteiger partial charge in [0.15, 0.2) is 0 Å². The Kier molecular flexibility index (Phi) is 4.75. The summed E-state index contributed by atoms with van der Waals surface area (Å²) in [6.45, 7) is 7.62. The number of allylic oxidation sites excluding steroid dienone is 5. The van der Waals surface area contributed by atoms with Crippen LogP contribution in [0.2, 0.25) is 0 Å². The summed E-state index contributed by atoms with van der Waals surface area (Å²) in [5.41, 5.74) is 1.18. The lowest BCUT2D eigenvalue weighted by Crippen LogP contribution is -1.67. The largest absolute Gasteiger partial charge is 0.0847 e. The zero-order chi connectivity index (χ0) is 8.15. The minimum atomic E-state index is 0.696. The lowest BCUT2D eigenvalue weighted by molar-refractivity contribution is 1.39. The molecule has 0 amide bonds. The Bertz CT molecular complexity index is 185. The molecule has 0 bridgehead atoms. The molecule has 0 radical (unpaired) electrons. The maximum Gasteiger partial charge on any atom is 0.0416 e. The van der Waals surface area contributed by atoms with Gasteiger partial charge in [0.05, 0.1) is 0 Å². The van der Waals surface area contributed by atoms with Gasteiger partial charge >= 0.3 is 0 Å². The molecular formula is C8H10BrCl. The average Bonchev–Trinajstić information content (AvgIpc) is 1.58. The van der Waals surface area contributed by atoms with Crippen LogP contribution in [0, 0.1) is 0 Å². The molecule has 2 heteroatoms. The van der Waals surface area contributed by atoms with Crippen LogP contribution in [0.4, 0.5) is 0 Å². The Balaban J connectivity index is 4.22. The molecule has 0 rings (SSSR count). The number of rotatable bonds is 2. The zero-order valence-electron chi connectivity index (χ0n) is 6.12. The topological polar surface area (TPSA) is 0 Å². The SMILES string of the molecule is C=C(Br)/C=C(/Cl)C=C(C)C. The van der Waals surface area contributed by atoms with Gasteiger partial charge in [0.1, 0.15) is 0 Å². The Morgan fingerprint density at radius 1 is 1.40 bits per heavy atom. The van der Waals surface area contributed by atoms with Crippen molar-refractivity contribution in [2.45, 2.75) is 13.8 Å². The van der Waals surface area contributed by atoms with Crippen LogP contribution in [-0.4, -0.2) is 0 Å². The lowest BCUT2D eigenvalue weighted by atomic mass is 10.3. The quantitative estimate of drug-likeness (QED) is 0.619. The monoisotopic (exact) mass is 220 g/mol. The van der Waals surface area contributed by atoms with Gasteiger partial charge < -0.3 is 0 Å². The minimum Gasteiger partial charge on any atom is -0.0847 e. The van der Waals surface area contributed by atoms with Crippen LogP contribution in [0.3, 0.4) is 0 Å². The molecule has 0 fully saturated rings. The maximum absolute atomic E-state index is 5.76. The molecule has 0 unspecified atom stereocenters. The molecule has 0 aliphatic carbocycles. The molecule has 10 heavy (non-hydrogen) atoms. The van der Waals surface area contributed by atoms with Crippen LogP contribution in [0.5, 0.6) is 0 Å². The van der Waals surface area contributed by atoms with Gasteiger partial charge in [0, 0.05) is 9.51 Å². The molecule has 0 aromatic carbocycles. The molecule has 0 heterocycles. The van der Waals surface area contributed by atoms with E-state index in [9.17, 15) is 0 Å². The normalized spacial score (nSPS) is 11.0. The Morgan fingerprint density at radius 2 is 1.90 bits per heavy atom. The van der Waals surface area contributed by atoms with Crippen LogP contribution in [0.15, 0.2) is 33.8 Å². The first-order valence-corrected chi connectivity index (χ1v) is 4.06. The third-order valence-electron chi connectivity index (χ3n) is 0.721. The van der Waals surface area contributed by atoms with E-state index in [-0.39, 0.29) is 0 Å². The summed E-state index contributed by atoms with van der Waals surface area (Å²) in [6, 6.07) is 0. The van der Waals surface area contributed by atoms with E-state index in [1.54, 1.807) is 6.08 Å².